The fourth-order valence-electron chi connectivity index (χ4n) is 3.25. The van der Waals surface area contributed by atoms with Crippen molar-refractivity contribution in [1.82, 2.24) is 10.6 Å². The zero-order valence-corrected chi connectivity index (χ0v) is 14.4. The van der Waals surface area contributed by atoms with Crippen molar-refractivity contribution in [3.05, 3.63) is 34.3 Å². The highest BCUT2D eigenvalue weighted by atomic mass is 79.9. The highest BCUT2D eigenvalue weighted by molar-refractivity contribution is 9.10. The molecular weight excluding hydrogens is 352 g/mol. The Bertz CT molecular complexity index is 482. The molecule has 1 heterocycles. The summed E-state index contributed by atoms with van der Waals surface area (Å²) in [5, 5.41) is 6.44. The van der Waals surface area contributed by atoms with E-state index in [1.165, 1.54) is 24.8 Å². The molecule has 0 radical (unpaired) electrons. The molecule has 0 bridgehead atoms. The fraction of sp³-hybridized carbons (Fsp3) is 0.562. The van der Waals surface area contributed by atoms with Crippen LogP contribution in [0.25, 0.3) is 0 Å². The van der Waals surface area contributed by atoms with Crippen LogP contribution >= 0.6 is 28.3 Å². The molecule has 3 rings (SSSR count). The maximum atomic E-state index is 12.2. The van der Waals surface area contributed by atoms with Crippen LogP contribution in [-0.2, 0) is 10.2 Å². The lowest BCUT2D eigenvalue weighted by molar-refractivity contribution is -0.124. The first-order valence-corrected chi connectivity index (χ1v) is 8.23. The first-order valence-electron chi connectivity index (χ1n) is 7.44. The molecule has 1 unspecified atom stereocenters. The molecule has 1 aliphatic heterocycles. The van der Waals surface area contributed by atoms with Crippen LogP contribution < -0.4 is 10.6 Å². The SMILES string of the molecule is Cl.O=C(NCC1(c2ccc(Br)cc2)CCC1)C1CCNC1. The molecule has 1 saturated heterocycles. The highest BCUT2D eigenvalue weighted by Crippen LogP contribution is 2.43. The molecule has 0 aromatic heterocycles. The quantitative estimate of drug-likeness (QED) is 0.852. The van der Waals surface area contributed by atoms with E-state index < -0.39 is 0 Å². The number of carbonyl (C=O) groups excluding carboxylic acids is 1. The van der Waals surface area contributed by atoms with Gasteiger partial charge >= 0.3 is 0 Å². The van der Waals surface area contributed by atoms with Crippen LogP contribution in [0.4, 0.5) is 0 Å². The van der Waals surface area contributed by atoms with E-state index in [1.807, 2.05) is 0 Å². The largest absolute Gasteiger partial charge is 0.355 e. The van der Waals surface area contributed by atoms with E-state index in [9.17, 15) is 4.79 Å². The van der Waals surface area contributed by atoms with Gasteiger partial charge in [-0.1, -0.05) is 34.5 Å². The summed E-state index contributed by atoms with van der Waals surface area (Å²) in [6.45, 7) is 2.58. The molecule has 21 heavy (non-hydrogen) atoms. The second kappa shape index (κ2) is 7.12. The van der Waals surface area contributed by atoms with Crippen molar-refractivity contribution < 1.29 is 4.79 Å². The number of amides is 1. The van der Waals surface area contributed by atoms with Gasteiger partial charge in [0.25, 0.3) is 0 Å². The maximum Gasteiger partial charge on any atom is 0.224 e. The summed E-state index contributed by atoms with van der Waals surface area (Å²) in [6.07, 6.45) is 4.59. The van der Waals surface area contributed by atoms with E-state index in [0.717, 1.165) is 30.5 Å². The van der Waals surface area contributed by atoms with Gasteiger partial charge in [0.2, 0.25) is 5.91 Å². The zero-order chi connectivity index (χ0) is 14.0. The van der Waals surface area contributed by atoms with Crippen LogP contribution in [0.1, 0.15) is 31.2 Å². The number of halogens is 2. The van der Waals surface area contributed by atoms with E-state index >= 15 is 0 Å². The topological polar surface area (TPSA) is 41.1 Å². The van der Waals surface area contributed by atoms with Gasteiger partial charge in [-0.3, -0.25) is 4.79 Å². The Kier molecular flexibility index (Phi) is 5.69. The van der Waals surface area contributed by atoms with Crippen LogP contribution in [-0.4, -0.2) is 25.5 Å². The lowest BCUT2D eigenvalue weighted by Crippen LogP contribution is -2.47. The molecule has 1 aliphatic carbocycles. The average Bonchev–Trinajstić information content (AvgIpc) is 2.93. The Morgan fingerprint density at radius 1 is 1.33 bits per heavy atom. The number of rotatable bonds is 4. The molecule has 5 heteroatoms. The summed E-state index contributed by atoms with van der Waals surface area (Å²) < 4.78 is 1.11. The van der Waals surface area contributed by atoms with Gasteiger partial charge in [0.1, 0.15) is 0 Å². The minimum atomic E-state index is 0. The highest BCUT2D eigenvalue weighted by Gasteiger charge is 2.39. The molecular formula is C16H22BrClN2O. The molecule has 0 spiro atoms. The lowest BCUT2D eigenvalue weighted by Gasteiger charge is -2.42. The molecule has 1 aromatic rings. The number of benzene rings is 1. The van der Waals surface area contributed by atoms with Crippen LogP contribution in [0.3, 0.4) is 0 Å². The van der Waals surface area contributed by atoms with Gasteiger partial charge < -0.3 is 10.6 Å². The van der Waals surface area contributed by atoms with Crippen LogP contribution in [0.2, 0.25) is 0 Å². The Labute approximate surface area is 140 Å². The predicted molar refractivity (Wildman–Crippen MR) is 90.9 cm³/mol. The van der Waals surface area contributed by atoms with Crippen LogP contribution in [0.5, 0.6) is 0 Å². The summed E-state index contributed by atoms with van der Waals surface area (Å²) in [5.74, 6) is 0.385. The van der Waals surface area contributed by atoms with Gasteiger partial charge in [-0.25, -0.2) is 0 Å². The van der Waals surface area contributed by atoms with Crippen LogP contribution in [0, 0.1) is 5.92 Å². The Morgan fingerprint density at radius 2 is 2.05 bits per heavy atom. The summed E-state index contributed by atoms with van der Waals surface area (Å²) in [6, 6.07) is 8.56. The Balaban J connectivity index is 0.00000161. The van der Waals surface area contributed by atoms with E-state index in [-0.39, 0.29) is 29.6 Å². The number of hydrogen-bond acceptors (Lipinski definition) is 2. The van der Waals surface area contributed by atoms with E-state index in [0.29, 0.717) is 0 Å². The van der Waals surface area contributed by atoms with Crippen molar-refractivity contribution in [3.8, 4) is 0 Å². The standard InChI is InChI=1S/C16H21BrN2O.ClH/c17-14-4-2-13(3-5-14)16(7-1-8-16)11-19-15(20)12-6-9-18-10-12;/h2-5,12,18H,1,6-11H2,(H,19,20);1H. The Morgan fingerprint density at radius 3 is 2.57 bits per heavy atom. The van der Waals surface area contributed by atoms with Crippen molar-refractivity contribution in [2.24, 2.45) is 5.92 Å². The first-order chi connectivity index (χ1) is 9.70. The van der Waals surface area contributed by atoms with Gasteiger partial charge in [0, 0.05) is 23.0 Å². The third-order valence-corrected chi connectivity index (χ3v) is 5.33. The molecule has 2 fully saturated rings. The first kappa shape index (κ1) is 16.8. The molecule has 1 aromatic carbocycles. The minimum absolute atomic E-state index is 0. The third kappa shape index (κ3) is 3.61. The molecule has 116 valence electrons. The van der Waals surface area contributed by atoms with Crippen molar-refractivity contribution in [3.63, 3.8) is 0 Å². The van der Waals surface area contributed by atoms with Gasteiger partial charge in [-0.15, -0.1) is 12.4 Å². The monoisotopic (exact) mass is 372 g/mol. The normalized spacial score (nSPS) is 23.0. The number of hydrogen-bond donors (Lipinski definition) is 2. The lowest BCUT2D eigenvalue weighted by atomic mass is 9.64. The van der Waals surface area contributed by atoms with Crippen LogP contribution in [0.15, 0.2) is 28.7 Å². The van der Waals surface area contributed by atoms with E-state index in [1.54, 1.807) is 0 Å². The predicted octanol–water partition coefficient (Wildman–Crippen LogP) is 3.02. The van der Waals surface area contributed by atoms with Crippen molar-refractivity contribution >= 4 is 34.2 Å². The fourth-order valence-corrected chi connectivity index (χ4v) is 3.52. The second-order valence-corrected chi connectivity index (χ2v) is 6.96. The number of nitrogens with one attached hydrogen (secondary N) is 2. The second-order valence-electron chi connectivity index (χ2n) is 6.05. The molecule has 2 aliphatic rings. The smallest absolute Gasteiger partial charge is 0.224 e. The molecule has 2 N–H and O–H groups in total. The Hall–Kier alpha value is -0.580. The molecule has 1 atom stereocenters. The third-order valence-electron chi connectivity index (χ3n) is 4.80. The molecule has 1 amide bonds. The van der Waals surface area contributed by atoms with E-state index in [2.05, 4.69) is 50.8 Å². The van der Waals surface area contributed by atoms with Gasteiger partial charge in [-0.2, -0.15) is 0 Å². The van der Waals surface area contributed by atoms with Crippen molar-refractivity contribution in [2.75, 3.05) is 19.6 Å². The average molecular weight is 374 g/mol. The van der Waals surface area contributed by atoms with Crippen molar-refractivity contribution in [1.29, 1.82) is 0 Å². The van der Waals surface area contributed by atoms with E-state index in [4.69, 9.17) is 0 Å². The summed E-state index contributed by atoms with van der Waals surface area (Å²) in [4.78, 5) is 12.2. The molecule has 3 nitrogen and oxygen atoms in total. The summed E-state index contributed by atoms with van der Waals surface area (Å²) in [7, 11) is 0. The van der Waals surface area contributed by atoms with Crippen molar-refractivity contribution in [2.45, 2.75) is 31.1 Å². The molecule has 1 saturated carbocycles. The summed E-state index contributed by atoms with van der Waals surface area (Å²) in [5.41, 5.74) is 1.53. The maximum absolute atomic E-state index is 12.2. The summed E-state index contributed by atoms with van der Waals surface area (Å²) >= 11 is 3.48. The van der Waals surface area contributed by atoms with Gasteiger partial charge in [-0.05, 0) is 43.5 Å². The number of carbonyl (C=O) groups is 1. The van der Waals surface area contributed by atoms with Gasteiger partial charge in [0.05, 0.1) is 5.92 Å². The minimum Gasteiger partial charge on any atom is -0.355 e. The zero-order valence-electron chi connectivity index (χ0n) is 12.0. The van der Waals surface area contributed by atoms with Gasteiger partial charge in [0.15, 0.2) is 0 Å².